The van der Waals surface area contributed by atoms with E-state index in [0.717, 1.165) is 36.3 Å². The van der Waals surface area contributed by atoms with Gasteiger partial charge in [-0.2, -0.15) is 5.26 Å². The molecule has 1 aromatic carbocycles. The lowest BCUT2D eigenvalue weighted by molar-refractivity contribution is -0.128. The molecule has 0 atom stereocenters. The van der Waals surface area contributed by atoms with E-state index in [2.05, 4.69) is 17.0 Å². The molecule has 0 unspecified atom stereocenters. The van der Waals surface area contributed by atoms with Crippen molar-refractivity contribution >= 4 is 17.5 Å². The molecule has 0 radical (unpaired) electrons. The van der Waals surface area contributed by atoms with E-state index in [1.807, 2.05) is 30.9 Å². The fraction of sp³-hybridized carbons (Fsp3) is 0.550. The van der Waals surface area contributed by atoms with Gasteiger partial charge in [0.15, 0.2) is 0 Å². The third kappa shape index (κ3) is 5.57. The van der Waals surface area contributed by atoms with Gasteiger partial charge in [0, 0.05) is 45.3 Å². The Morgan fingerprint density at radius 1 is 1.12 bits per heavy atom. The molecule has 1 fully saturated rings. The highest BCUT2D eigenvalue weighted by molar-refractivity contribution is 5.95. The molecule has 2 amide bonds. The van der Waals surface area contributed by atoms with E-state index in [4.69, 9.17) is 5.26 Å². The number of aryl methyl sites for hydroxylation is 2. The van der Waals surface area contributed by atoms with E-state index >= 15 is 0 Å². The van der Waals surface area contributed by atoms with Crippen molar-refractivity contribution in [1.82, 2.24) is 9.80 Å². The van der Waals surface area contributed by atoms with Crippen LogP contribution in [0.4, 0.5) is 5.69 Å². The molecule has 6 nitrogen and oxygen atoms in total. The van der Waals surface area contributed by atoms with Gasteiger partial charge in [-0.25, -0.2) is 0 Å². The summed E-state index contributed by atoms with van der Waals surface area (Å²) in [5, 5.41) is 8.96. The minimum absolute atomic E-state index is 0.00141. The Hall–Kier alpha value is -2.39. The molecule has 1 aliphatic heterocycles. The van der Waals surface area contributed by atoms with Crippen LogP contribution in [0.5, 0.6) is 0 Å². The van der Waals surface area contributed by atoms with Crippen LogP contribution in [0.1, 0.15) is 30.9 Å². The van der Waals surface area contributed by atoms with Crippen molar-refractivity contribution < 1.29 is 9.59 Å². The maximum atomic E-state index is 13.0. The van der Waals surface area contributed by atoms with Crippen LogP contribution in [0.25, 0.3) is 0 Å². The number of nitriles is 1. The van der Waals surface area contributed by atoms with E-state index in [1.54, 1.807) is 11.8 Å². The predicted octanol–water partition coefficient (Wildman–Crippen LogP) is 2.10. The van der Waals surface area contributed by atoms with Crippen LogP contribution in [0.2, 0.25) is 0 Å². The Bertz CT molecular complexity index is 675. The second-order valence-electron chi connectivity index (χ2n) is 6.94. The zero-order valence-corrected chi connectivity index (χ0v) is 16.0. The number of anilines is 1. The Labute approximate surface area is 156 Å². The van der Waals surface area contributed by atoms with Crippen molar-refractivity contribution in [3.63, 3.8) is 0 Å². The van der Waals surface area contributed by atoms with Gasteiger partial charge in [-0.3, -0.25) is 14.5 Å². The van der Waals surface area contributed by atoms with Crippen molar-refractivity contribution in [2.24, 2.45) is 0 Å². The Morgan fingerprint density at radius 3 is 2.42 bits per heavy atom. The van der Waals surface area contributed by atoms with Crippen LogP contribution in [0.3, 0.4) is 0 Å². The van der Waals surface area contributed by atoms with E-state index in [0.29, 0.717) is 32.6 Å². The Balaban J connectivity index is 2.09. The number of benzene rings is 1. The first-order chi connectivity index (χ1) is 12.4. The summed E-state index contributed by atoms with van der Waals surface area (Å²) >= 11 is 0. The number of rotatable bonds is 5. The number of hydrogen-bond acceptors (Lipinski definition) is 4. The third-order valence-corrected chi connectivity index (χ3v) is 4.66. The topological polar surface area (TPSA) is 67.7 Å². The summed E-state index contributed by atoms with van der Waals surface area (Å²) in [6.45, 7) is 9.21. The maximum absolute atomic E-state index is 13.0. The summed E-state index contributed by atoms with van der Waals surface area (Å²) in [6.07, 6.45) is 1.17. The molecule has 1 aliphatic rings. The lowest BCUT2D eigenvalue weighted by atomic mass is 10.1. The smallest absolute Gasteiger partial charge is 0.241 e. The monoisotopic (exact) mass is 356 g/mol. The molecule has 0 saturated carbocycles. The Morgan fingerprint density at radius 2 is 1.81 bits per heavy atom. The normalized spacial score (nSPS) is 15.2. The van der Waals surface area contributed by atoms with Crippen molar-refractivity contribution in [1.29, 1.82) is 5.26 Å². The van der Waals surface area contributed by atoms with Crippen LogP contribution in [-0.4, -0.2) is 60.9 Å². The molecule has 6 heteroatoms. The fourth-order valence-corrected chi connectivity index (χ4v) is 3.39. The van der Waals surface area contributed by atoms with Crippen LogP contribution >= 0.6 is 0 Å². The van der Waals surface area contributed by atoms with Gasteiger partial charge in [0.1, 0.15) is 0 Å². The van der Waals surface area contributed by atoms with Gasteiger partial charge in [0.05, 0.1) is 19.0 Å². The van der Waals surface area contributed by atoms with Crippen LogP contribution in [0.15, 0.2) is 18.2 Å². The summed E-state index contributed by atoms with van der Waals surface area (Å²) in [7, 11) is 0. The predicted molar refractivity (Wildman–Crippen MR) is 102 cm³/mol. The molecule has 1 aromatic rings. The summed E-state index contributed by atoms with van der Waals surface area (Å²) in [6, 6.07) is 8.18. The molecule has 0 aliphatic carbocycles. The summed E-state index contributed by atoms with van der Waals surface area (Å²) in [5.74, 6) is 0.0885. The van der Waals surface area contributed by atoms with Crippen molar-refractivity contribution in [2.45, 2.75) is 33.6 Å². The van der Waals surface area contributed by atoms with E-state index in [9.17, 15) is 9.59 Å². The number of nitrogens with zero attached hydrogens (tertiary/aromatic N) is 4. The minimum atomic E-state index is 0.00141. The molecule has 0 aromatic heterocycles. The minimum Gasteiger partial charge on any atom is -0.342 e. The summed E-state index contributed by atoms with van der Waals surface area (Å²) < 4.78 is 0. The van der Waals surface area contributed by atoms with Crippen molar-refractivity contribution in [3.05, 3.63) is 29.3 Å². The lowest BCUT2D eigenvalue weighted by Crippen LogP contribution is -2.42. The second-order valence-corrected chi connectivity index (χ2v) is 6.94. The molecule has 26 heavy (non-hydrogen) atoms. The molecular formula is C20H28N4O2. The summed E-state index contributed by atoms with van der Waals surface area (Å²) in [5.41, 5.74) is 3.05. The number of carbonyl (C=O) groups is 2. The second kappa shape index (κ2) is 9.35. The number of hydrogen-bond donors (Lipinski definition) is 0. The van der Waals surface area contributed by atoms with Crippen LogP contribution < -0.4 is 4.90 Å². The highest BCUT2D eigenvalue weighted by atomic mass is 16.2. The van der Waals surface area contributed by atoms with Crippen LogP contribution in [0, 0.1) is 25.2 Å². The largest absolute Gasteiger partial charge is 0.342 e. The van der Waals surface area contributed by atoms with E-state index in [1.165, 1.54) is 0 Å². The van der Waals surface area contributed by atoms with Gasteiger partial charge in [0.2, 0.25) is 11.8 Å². The maximum Gasteiger partial charge on any atom is 0.241 e. The lowest BCUT2D eigenvalue weighted by Gasteiger charge is -2.27. The molecule has 1 saturated heterocycles. The van der Waals surface area contributed by atoms with Crippen molar-refractivity contribution in [3.8, 4) is 6.07 Å². The molecule has 0 spiro atoms. The van der Waals surface area contributed by atoms with Gasteiger partial charge < -0.3 is 9.80 Å². The highest BCUT2D eigenvalue weighted by Crippen LogP contribution is 2.20. The molecule has 140 valence electrons. The first-order valence-electron chi connectivity index (χ1n) is 9.14. The van der Waals surface area contributed by atoms with Gasteiger partial charge >= 0.3 is 0 Å². The highest BCUT2D eigenvalue weighted by Gasteiger charge is 2.22. The molecule has 2 rings (SSSR count). The van der Waals surface area contributed by atoms with Gasteiger partial charge in [-0.15, -0.1) is 0 Å². The fourth-order valence-electron chi connectivity index (χ4n) is 3.39. The van der Waals surface area contributed by atoms with E-state index < -0.39 is 0 Å². The average molecular weight is 356 g/mol. The van der Waals surface area contributed by atoms with Gasteiger partial charge in [0.25, 0.3) is 0 Å². The zero-order valence-electron chi connectivity index (χ0n) is 16.0. The van der Waals surface area contributed by atoms with Crippen molar-refractivity contribution in [2.75, 3.05) is 44.2 Å². The van der Waals surface area contributed by atoms with Crippen LogP contribution in [-0.2, 0) is 9.59 Å². The van der Waals surface area contributed by atoms with Gasteiger partial charge in [-0.05, 0) is 43.5 Å². The summed E-state index contributed by atoms with van der Waals surface area (Å²) in [4.78, 5) is 30.2. The van der Waals surface area contributed by atoms with E-state index in [-0.39, 0.29) is 11.8 Å². The third-order valence-electron chi connectivity index (χ3n) is 4.66. The zero-order chi connectivity index (χ0) is 19.1. The quantitative estimate of drug-likeness (QED) is 0.810. The Kier molecular flexibility index (Phi) is 7.16. The SMILES string of the molecule is CC(=O)N1CCCN(CC(=O)N(CCC#N)c2cc(C)cc(C)c2)CC1. The molecule has 0 bridgehead atoms. The average Bonchev–Trinajstić information content (AvgIpc) is 2.80. The molecular weight excluding hydrogens is 328 g/mol. The number of amides is 2. The standard InChI is InChI=1S/C20H28N4O2/c1-16-12-17(2)14-19(13-16)24(9-4-6-21)20(26)15-22-7-5-8-23(11-10-22)18(3)25/h12-14H,4-5,7-11,15H2,1-3H3. The number of carbonyl (C=O) groups excluding carboxylic acids is 2. The molecule has 1 heterocycles. The van der Waals surface area contributed by atoms with Gasteiger partial charge in [-0.1, -0.05) is 6.07 Å². The first kappa shape index (κ1) is 19.9. The molecule has 0 N–H and O–H groups in total. The first-order valence-corrected chi connectivity index (χ1v) is 9.14.